The first-order chi connectivity index (χ1) is 27.3. The van der Waals surface area contributed by atoms with Crippen molar-refractivity contribution in [3.05, 3.63) is 89.6 Å². The predicted octanol–water partition coefficient (Wildman–Crippen LogP) is 2.92. The lowest BCUT2D eigenvalue weighted by atomic mass is 10.0. The number of piperazine rings is 1. The van der Waals surface area contributed by atoms with Crippen molar-refractivity contribution in [3.63, 3.8) is 0 Å². The van der Waals surface area contributed by atoms with Crippen molar-refractivity contribution >= 4 is 63.6 Å². The van der Waals surface area contributed by atoms with Gasteiger partial charge in [-0.1, -0.05) is 6.07 Å². The minimum atomic E-state index is -0.773. The lowest BCUT2D eigenvalue weighted by Crippen LogP contribution is -2.58. The van der Waals surface area contributed by atoms with Gasteiger partial charge in [-0.2, -0.15) is 10.1 Å². The van der Waals surface area contributed by atoms with E-state index in [9.17, 15) is 24.0 Å². The number of rotatable bonds is 9. The molecule has 7 heterocycles. The Balaban J connectivity index is 0.739. The minimum Gasteiger partial charge on any atom is -0.371 e. The monoisotopic (exact) mass is 757 g/mol. The molecule has 3 aromatic heterocycles. The van der Waals surface area contributed by atoms with E-state index in [2.05, 4.69) is 55.8 Å². The van der Waals surface area contributed by atoms with Crippen LogP contribution in [0.3, 0.4) is 0 Å². The number of fused-ring (bicyclic) bond motifs is 2. The van der Waals surface area contributed by atoms with Crippen molar-refractivity contribution in [1.82, 2.24) is 50.3 Å². The molecule has 18 heteroatoms. The number of urea groups is 1. The van der Waals surface area contributed by atoms with Gasteiger partial charge in [0.25, 0.3) is 17.7 Å². The number of H-pyrrole nitrogens is 2. The molecule has 0 spiro atoms. The highest BCUT2D eigenvalue weighted by atomic mass is 16.2. The van der Waals surface area contributed by atoms with Crippen LogP contribution in [0.15, 0.2) is 67.3 Å². The van der Waals surface area contributed by atoms with Crippen molar-refractivity contribution in [2.45, 2.75) is 31.8 Å². The molecule has 0 aliphatic carbocycles. The van der Waals surface area contributed by atoms with Crippen LogP contribution >= 0.6 is 0 Å². The topological polar surface area (TPSA) is 208 Å². The number of hydrazine groups is 1. The first-order valence-corrected chi connectivity index (χ1v) is 18.6. The van der Waals surface area contributed by atoms with Gasteiger partial charge >= 0.3 is 6.03 Å². The molecule has 3 fully saturated rings. The van der Waals surface area contributed by atoms with E-state index in [1.165, 1.54) is 6.33 Å². The van der Waals surface area contributed by atoms with Crippen molar-refractivity contribution in [2.75, 3.05) is 61.3 Å². The minimum absolute atomic E-state index is 0.0193. The number of benzene rings is 2. The number of imide groups is 2. The summed E-state index contributed by atoms with van der Waals surface area (Å²) >= 11 is 0. The molecule has 3 saturated heterocycles. The number of nitrogens with zero attached hydrogens (tertiary/aromatic N) is 8. The van der Waals surface area contributed by atoms with Gasteiger partial charge in [-0.05, 0) is 60.9 Å². The van der Waals surface area contributed by atoms with Crippen LogP contribution < -0.4 is 20.9 Å². The lowest BCUT2D eigenvalue weighted by molar-refractivity contribution is -0.122. The second-order valence-electron chi connectivity index (χ2n) is 14.3. The van der Waals surface area contributed by atoms with E-state index >= 15 is 0 Å². The van der Waals surface area contributed by atoms with Crippen LogP contribution in [-0.2, 0) is 11.3 Å². The van der Waals surface area contributed by atoms with Crippen LogP contribution in [0.2, 0.25) is 0 Å². The number of aromatic amines is 2. The highest BCUT2D eigenvalue weighted by molar-refractivity contribution is 6.22. The molecule has 6 amide bonds. The van der Waals surface area contributed by atoms with Gasteiger partial charge in [-0.15, -0.1) is 0 Å². The van der Waals surface area contributed by atoms with Crippen LogP contribution in [0.5, 0.6) is 0 Å². The molecule has 4 aliphatic rings. The molecular weight excluding hydrogens is 719 g/mol. The van der Waals surface area contributed by atoms with Crippen LogP contribution in [0.25, 0.3) is 11.0 Å². The number of anilines is 4. The first-order valence-electron chi connectivity index (χ1n) is 18.6. The molecule has 4 aliphatic heterocycles. The molecule has 0 saturated carbocycles. The van der Waals surface area contributed by atoms with E-state index in [4.69, 9.17) is 0 Å². The third-order valence-corrected chi connectivity index (χ3v) is 10.9. The molecule has 5 N–H and O–H groups in total. The average molecular weight is 758 g/mol. The maximum Gasteiger partial charge on any atom is 0.343 e. The Kier molecular flexibility index (Phi) is 9.10. The molecule has 0 bridgehead atoms. The third-order valence-electron chi connectivity index (χ3n) is 10.9. The van der Waals surface area contributed by atoms with E-state index in [-0.39, 0.29) is 35.7 Å². The number of amides is 6. The van der Waals surface area contributed by atoms with Gasteiger partial charge in [0.1, 0.15) is 17.8 Å². The molecular formula is C38H39N13O5. The van der Waals surface area contributed by atoms with Gasteiger partial charge in [0.05, 0.1) is 28.7 Å². The fraction of sp³-hybridized carbons (Fsp3) is 0.316. The smallest absolute Gasteiger partial charge is 0.343 e. The third kappa shape index (κ3) is 6.68. The lowest BCUT2D eigenvalue weighted by Gasteiger charge is -2.43. The number of piperidine rings is 1. The zero-order valence-corrected chi connectivity index (χ0v) is 30.3. The normalized spacial score (nSPS) is 18.5. The molecule has 56 heavy (non-hydrogen) atoms. The van der Waals surface area contributed by atoms with Crippen molar-refractivity contribution in [1.29, 1.82) is 0 Å². The van der Waals surface area contributed by atoms with E-state index < -0.39 is 23.8 Å². The number of carbonyl (C=O) groups is 5. The second kappa shape index (κ2) is 14.5. The summed E-state index contributed by atoms with van der Waals surface area (Å²) in [7, 11) is 0. The largest absolute Gasteiger partial charge is 0.371 e. The van der Waals surface area contributed by atoms with Crippen LogP contribution in [0, 0.1) is 0 Å². The quantitative estimate of drug-likeness (QED) is 0.138. The van der Waals surface area contributed by atoms with Gasteiger partial charge in [0.15, 0.2) is 5.69 Å². The summed E-state index contributed by atoms with van der Waals surface area (Å²) in [6.07, 6.45) is 6.97. The number of nitrogens with one attached hydrogen (secondary N) is 5. The fourth-order valence-corrected chi connectivity index (χ4v) is 7.98. The molecule has 18 nitrogen and oxygen atoms in total. The van der Waals surface area contributed by atoms with Gasteiger partial charge in [0, 0.05) is 82.0 Å². The van der Waals surface area contributed by atoms with Crippen molar-refractivity contribution in [3.8, 4) is 0 Å². The molecule has 286 valence electrons. The molecule has 0 radical (unpaired) electrons. The zero-order valence-electron chi connectivity index (χ0n) is 30.3. The highest BCUT2D eigenvalue weighted by Crippen LogP contribution is 2.29. The van der Waals surface area contributed by atoms with Gasteiger partial charge in [-0.25, -0.2) is 19.8 Å². The standard InChI is InChI=1S/C38H39N13O5/c52-31-10-14-50(38(56)45-31)51-36(54)27-6-1-23(19-29(27)37(51)55)21-47-15-17-49(18-16-47)26-8-12-48(13-9-26)25-4-2-24(3-5-25)43-35(53)32-30(20-42-46-32)44-34-28-7-11-39-33(28)40-22-41-34/h1-7,11,19-20,22,26H,8-10,12-18,21H2,(H,42,46)(H,43,53)(H,45,52,56)(H2,39,40,41,44). The Morgan fingerprint density at radius 1 is 0.857 bits per heavy atom. The van der Waals surface area contributed by atoms with E-state index in [1.807, 2.05) is 36.4 Å². The summed E-state index contributed by atoms with van der Waals surface area (Å²) in [4.78, 5) is 82.3. The highest BCUT2D eigenvalue weighted by Gasteiger charge is 2.43. The van der Waals surface area contributed by atoms with E-state index in [0.717, 1.165) is 78.8 Å². The molecule has 2 aromatic carbocycles. The Morgan fingerprint density at radius 3 is 2.43 bits per heavy atom. The summed E-state index contributed by atoms with van der Waals surface area (Å²) < 4.78 is 0. The number of hydrogen-bond acceptors (Lipinski definition) is 12. The second-order valence-corrected chi connectivity index (χ2v) is 14.3. The van der Waals surface area contributed by atoms with Gasteiger partial charge < -0.3 is 20.5 Å². The Hall–Kier alpha value is -6.66. The summed E-state index contributed by atoms with van der Waals surface area (Å²) in [5.74, 6) is -1.33. The maximum absolute atomic E-state index is 13.2. The fourth-order valence-electron chi connectivity index (χ4n) is 7.98. The van der Waals surface area contributed by atoms with Crippen LogP contribution in [0.1, 0.15) is 56.0 Å². The maximum atomic E-state index is 13.2. The SMILES string of the molecule is O=C1CCN(N2C(=O)c3ccc(CN4CCN(C5CCN(c6ccc(NC(=O)c7n[nH]cc7Nc7ncnc8[nH]ccc78)cc6)CC5)CC4)cc3C2=O)C(=O)N1. The Labute approximate surface area is 320 Å². The van der Waals surface area contributed by atoms with Crippen LogP contribution in [0.4, 0.5) is 27.7 Å². The number of aromatic nitrogens is 5. The van der Waals surface area contributed by atoms with Gasteiger partial charge in [-0.3, -0.25) is 39.4 Å². The Morgan fingerprint density at radius 2 is 1.64 bits per heavy atom. The Bertz CT molecular complexity index is 2340. The molecule has 9 rings (SSSR count). The summed E-state index contributed by atoms with van der Waals surface area (Å²) in [6, 6.07) is 14.8. The van der Waals surface area contributed by atoms with Crippen molar-refractivity contribution < 1.29 is 24.0 Å². The zero-order chi connectivity index (χ0) is 38.3. The number of carbonyl (C=O) groups excluding carboxylic acids is 5. The number of hydrogen-bond donors (Lipinski definition) is 5. The molecule has 0 atom stereocenters. The summed E-state index contributed by atoms with van der Waals surface area (Å²) in [6.45, 7) is 6.16. The first kappa shape index (κ1) is 35.1. The predicted molar refractivity (Wildman–Crippen MR) is 204 cm³/mol. The summed E-state index contributed by atoms with van der Waals surface area (Å²) in [5.41, 5.74) is 4.65. The van der Waals surface area contributed by atoms with Crippen LogP contribution in [-0.4, -0.2) is 126 Å². The van der Waals surface area contributed by atoms with E-state index in [0.29, 0.717) is 35.4 Å². The molecule has 5 aromatic rings. The molecule has 0 unspecified atom stereocenters. The van der Waals surface area contributed by atoms with E-state index in [1.54, 1.807) is 24.5 Å². The van der Waals surface area contributed by atoms with Crippen molar-refractivity contribution in [2.24, 2.45) is 0 Å². The average Bonchev–Trinajstić information content (AvgIpc) is 3.95. The summed E-state index contributed by atoms with van der Waals surface area (Å²) in [5, 5.41) is 17.9. The van der Waals surface area contributed by atoms with Gasteiger partial charge in [0.2, 0.25) is 5.91 Å².